The van der Waals surface area contributed by atoms with Gasteiger partial charge in [0.1, 0.15) is 5.60 Å². The van der Waals surface area contributed by atoms with Crippen LogP contribution in [0.25, 0.3) is 0 Å². The minimum Gasteiger partial charge on any atom is -0.444 e. The highest BCUT2D eigenvalue weighted by atomic mass is 16.6. The smallest absolute Gasteiger partial charge is 0.410 e. The summed E-state index contributed by atoms with van der Waals surface area (Å²) in [5, 5.41) is 3.26. The number of ether oxygens (including phenoxy) is 1. The number of aromatic nitrogens is 2. The molecule has 220 valence electrons. The lowest BCUT2D eigenvalue weighted by Gasteiger charge is -2.48. The number of nitrogens with one attached hydrogen (secondary N) is 1. The maximum absolute atomic E-state index is 13.1. The van der Waals surface area contributed by atoms with Gasteiger partial charge in [0.05, 0.1) is 30.2 Å². The predicted octanol–water partition coefficient (Wildman–Crippen LogP) is 3.47. The van der Waals surface area contributed by atoms with Crippen molar-refractivity contribution in [1.29, 1.82) is 0 Å². The molecule has 41 heavy (non-hydrogen) atoms. The highest BCUT2D eigenvalue weighted by Gasteiger charge is 2.50. The maximum atomic E-state index is 13.1. The Morgan fingerprint density at radius 3 is 2.07 bits per heavy atom. The summed E-state index contributed by atoms with van der Waals surface area (Å²) in [6.45, 7) is 7.53. The van der Waals surface area contributed by atoms with Gasteiger partial charge in [0.15, 0.2) is 0 Å². The fourth-order valence-corrected chi connectivity index (χ4v) is 6.22. The Hall–Kier alpha value is -3.73. The fourth-order valence-electron chi connectivity index (χ4n) is 6.22. The van der Waals surface area contributed by atoms with Crippen LogP contribution in [0.5, 0.6) is 0 Å². The minimum absolute atomic E-state index is 0.0613. The predicted molar refractivity (Wildman–Crippen MR) is 155 cm³/mol. The van der Waals surface area contributed by atoms with Crippen LogP contribution in [-0.4, -0.2) is 101 Å². The number of rotatable bonds is 4. The van der Waals surface area contributed by atoms with E-state index in [9.17, 15) is 14.4 Å². The van der Waals surface area contributed by atoms with Gasteiger partial charge in [-0.1, -0.05) is 30.3 Å². The molecule has 1 aromatic carbocycles. The van der Waals surface area contributed by atoms with E-state index in [0.717, 1.165) is 25.7 Å². The lowest BCUT2D eigenvalue weighted by molar-refractivity contribution is 0.0139. The molecule has 3 heterocycles. The van der Waals surface area contributed by atoms with Gasteiger partial charge >= 0.3 is 12.1 Å². The molecule has 4 amide bonds. The van der Waals surface area contributed by atoms with Crippen LogP contribution < -0.4 is 10.2 Å². The molecule has 1 spiro atoms. The van der Waals surface area contributed by atoms with Crippen molar-refractivity contribution < 1.29 is 19.1 Å². The van der Waals surface area contributed by atoms with Crippen LogP contribution in [0.2, 0.25) is 0 Å². The molecule has 2 aliphatic heterocycles. The molecule has 11 nitrogen and oxygen atoms in total. The van der Waals surface area contributed by atoms with Gasteiger partial charge in [-0.05, 0) is 66.1 Å². The summed E-state index contributed by atoms with van der Waals surface area (Å²) in [7, 11) is 4.26. The van der Waals surface area contributed by atoms with Crippen molar-refractivity contribution in [1.82, 2.24) is 30.0 Å². The van der Waals surface area contributed by atoms with E-state index in [1.807, 2.05) is 26.8 Å². The number of nitrogens with zero attached hydrogens (tertiary/aromatic N) is 6. The second-order valence-electron chi connectivity index (χ2n) is 12.6. The van der Waals surface area contributed by atoms with Gasteiger partial charge in [-0.2, -0.15) is 0 Å². The third-order valence-electron chi connectivity index (χ3n) is 8.64. The SMILES string of the molecule is CN(C)[C@]1(c2ccccc2)CC[C@]2(CC1)CN(c1cnc(C(=O)N3CCN(C(=O)OC(C)(C)C)CC3)nc1)C(=O)N2. The van der Waals surface area contributed by atoms with Crippen LogP contribution in [0.1, 0.15) is 62.6 Å². The van der Waals surface area contributed by atoms with Gasteiger partial charge in [-0.25, -0.2) is 19.6 Å². The number of carbonyl (C=O) groups is 3. The van der Waals surface area contributed by atoms with Crippen molar-refractivity contribution in [2.45, 2.75) is 63.1 Å². The lowest BCUT2D eigenvalue weighted by Crippen LogP contribution is -2.54. The Kier molecular flexibility index (Phi) is 7.67. The second kappa shape index (κ2) is 10.9. The Labute approximate surface area is 241 Å². The van der Waals surface area contributed by atoms with E-state index >= 15 is 0 Å². The highest BCUT2D eigenvalue weighted by molar-refractivity contribution is 5.95. The molecule has 0 bridgehead atoms. The largest absolute Gasteiger partial charge is 0.444 e. The first-order valence-corrected chi connectivity index (χ1v) is 14.3. The Bertz CT molecular complexity index is 1260. The summed E-state index contributed by atoms with van der Waals surface area (Å²) in [6.07, 6.45) is 6.30. The van der Waals surface area contributed by atoms with Crippen molar-refractivity contribution in [3.63, 3.8) is 0 Å². The number of hydrogen-bond donors (Lipinski definition) is 1. The number of hydrogen-bond acceptors (Lipinski definition) is 7. The first-order valence-electron chi connectivity index (χ1n) is 14.3. The quantitative estimate of drug-likeness (QED) is 0.606. The molecule has 2 saturated heterocycles. The number of piperazine rings is 1. The zero-order valence-electron chi connectivity index (χ0n) is 24.7. The first-order chi connectivity index (χ1) is 19.4. The van der Waals surface area contributed by atoms with Gasteiger partial charge in [0.2, 0.25) is 5.82 Å². The van der Waals surface area contributed by atoms with Crippen molar-refractivity contribution in [2.75, 3.05) is 51.7 Å². The topological polar surface area (TPSA) is 111 Å². The van der Waals surface area contributed by atoms with E-state index in [2.05, 4.69) is 58.5 Å². The van der Waals surface area contributed by atoms with Crippen molar-refractivity contribution in [3.05, 3.63) is 54.1 Å². The molecule has 3 fully saturated rings. The Morgan fingerprint density at radius 2 is 1.51 bits per heavy atom. The summed E-state index contributed by atoms with van der Waals surface area (Å²) >= 11 is 0. The monoisotopic (exact) mass is 563 g/mol. The van der Waals surface area contributed by atoms with E-state index in [1.165, 1.54) is 5.56 Å². The number of anilines is 1. The number of carbonyl (C=O) groups excluding carboxylic acids is 3. The van der Waals surface area contributed by atoms with Crippen LogP contribution in [-0.2, 0) is 10.3 Å². The van der Waals surface area contributed by atoms with Crippen molar-refractivity contribution in [3.8, 4) is 0 Å². The van der Waals surface area contributed by atoms with Crippen LogP contribution in [0, 0.1) is 0 Å². The van der Waals surface area contributed by atoms with Gasteiger partial charge in [0, 0.05) is 31.7 Å². The molecule has 5 rings (SSSR count). The lowest BCUT2D eigenvalue weighted by atomic mass is 9.69. The molecule has 11 heteroatoms. The maximum Gasteiger partial charge on any atom is 0.410 e. The van der Waals surface area contributed by atoms with Gasteiger partial charge < -0.3 is 19.9 Å². The number of benzene rings is 1. The molecule has 1 aromatic heterocycles. The summed E-state index contributed by atoms with van der Waals surface area (Å²) < 4.78 is 5.43. The fraction of sp³-hybridized carbons (Fsp3) is 0.567. The molecule has 1 aliphatic carbocycles. The van der Waals surface area contributed by atoms with Crippen molar-refractivity contribution >= 4 is 23.7 Å². The Balaban J connectivity index is 1.19. The molecule has 0 radical (unpaired) electrons. The summed E-state index contributed by atoms with van der Waals surface area (Å²) in [4.78, 5) is 54.3. The van der Waals surface area contributed by atoms with E-state index < -0.39 is 5.60 Å². The second-order valence-corrected chi connectivity index (χ2v) is 12.6. The van der Waals surface area contributed by atoms with Crippen LogP contribution in [0.15, 0.2) is 42.7 Å². The standard InChI is InChI=1S/C30H41N7O4/c1-28(2,3)41-27(40)36-17-15-35(16-18-36)25(38)24-31-19-23(20-32-24)37-21-29(33-26(37)39)11-13-30(14-12-29,34(4)5)22-9-7-6-8-10-22/h6-10,19-20H,11-18,21H2,1-5H3,(H,33,39)/t29-,30+. The highest BCUT2D eigenvalue weighted by Crippen LogP contribution is 2.46. The molecule has 0 unspecified atom stereocenters. The number of amides is 4. The van der Waals surface area contributed by atoms with Gasteiger partial charge in [0.25, 0.3) is 5.91 Å². The summed E-state index contributed by atoms with van der Waals surface area (Å²) in [5.41, 5.74) is 0.933. The van der Waals surface area contributed by atoms with E-state index in [4.69, 9.17) is 4.74 Å². The molecular formula is C30H41N7O4. The molecule has 1 saturated carbocycles. The van der Waals surface area contributed by atoms with Crippen LogP contribution >= 0.6 is 0 Å². The zero-order valence-corrected chi connectivity index (χ0v) is 24.7. The first kappa shape index (κ1) is 28.8. The minimum atomic E-state index is -0.568. The van der Waals surface area contributed by atoms with Gasteiger partial charge in [-0.15, -0.1) is 0 Å². The van der Waals surface area contributed by atoms with E-state index in [-0.39, 0.29) is 34.9 Å². The summed E-state index contributed by atoms with van der Waals surface area (Å²) in [6, 6.07) is 10.4. The normalized spacial score (nSPS) is 25.0. The van der Waals surface area contributed by atoms with Crippen molar-refractivity contribution in [2.24, 2.45) is 0 Å². The zero-order chi connectivity index (χ0) is 29.4. The summed E-state index contributed by atoms with van der Waals surface area (Å²) in [5.74, 6) is -0.221. The molecule has 1 N–H and O–H groups in total. The molecular weight excluding hydrogens is 522 g/mol. The van der Waals surface area contributed by atoms with Crippen LogP contribution in [0.3, 0.4) is 0 Å². The van der Waals surface area contributed by atoms with E-state index in [1.54, 1.807) is 27.1 Å². The average Bonchev–Trinajstić information content (AvgIpc) is 3.28. The molecule has 0 atom stereocenters. The average molecular weight is 564 g/mol. The third-order valence-corrected chi connectivity index (χ3v) is 8.64. The molecule has 3 aliphatic rings. The Morgan fingerprint density at radius 1 is 0.927 bits per heavy atom. The number of urea groups is 1. The molecule has 2 aromatic rings. The van der Waals surface area contributed by atoms with E-state index in [0.29, 0.717) is 38.4 Å². The van der Waals surface area contributed by atoms with Crippen LogP contribution in [0.4, 0.5) is 15.3 Å². The third kappa shape index (κ3) is 5.86. The van der Waals surface area contributed by atoms with Gasteiger partial charge in [-0.3, -0.25) is 14.6 Å².